The van der Waals surface area contributed by atoms with E-state index >= 15 is 0 Å². The lowest BCUT2D eigenvalue weighted by Crippen LogP contribution is -2.30. The molecule has 3 aromatic carbocycles. The number of nitrogens with one attached hydrogen (secondary N) is 1. The minimum Gasteiger partial charge on any atom is -0.493 e. The molecule has 1 aliphatic heterocycles. The van der Waals surface area contributed by atoms with Gasteiger partial charge in [-0.15, -0.1) is 0 Å². The third-order valence-electron chi connectivity index (χ3n) is 4.64. The largest absolute Gasteiger partial charge is 0.493 e. The van der Waals surface area contributed by atoms with E-state index in [0.717, 1.165) is 32.8 Å². The molecule has 0 aromatic heterocycles. The second-order valence-electron chi connectivity index (χ2n) is 6.73. The summed E-state index contributed by atoms with van der Waals surface area (Å²) in [5, 5.41) is 18.9. The summed E-state index contributed by atoms with van der Waals surface area (Å²) in [4.78, 5) is 0. The second-order valence-corrected chi connectivity index (χ2v) is 8.28. The molecule has 8 heteroatoms. The smallest absolute Gasteiger partial charge is 0.330 e. The summed E-state index contributed by atoms with van der Waals surface area (Å²) in [6, 6.07) is 22.0. The number of hydrogen-bond donors (Lipinski definition) is 3. The van der Waals surface area contributed by atoms with Crippen LogP contribution in [0.5, 0.6) is 5.75 Å². The van der Waals surface area contributed by atoms with Crippen LogP contribution in [0.1, 0.15) is 11.1 Å². The van der Waals surface area contributed by atoms with E-state index < -0.39 is 16.1 Å². The number of hydrogen-bond acceptors (Lipinski definition) is 5. The highest BCUT2D eigenvalue weighted by molar-refractivity contribution is 7.91. The molecule has 0 amide bonds. The Bertz CT molecular complexity index is 1180. The molecule has 0 bridgehead atoms. The van der Waals surface area contributed by atoms with E-state index in [2.05, 4.69) is 0 Å². The van der Waals surface area contributed by atoms with Crippen LogP contribution in [-0.2, 0) is 23.4 Å². The highest BCUT2D eigenvalue weighted by atomic mass is 32.2. The molecule has 154 valence electrons. The molecule has 7 nitrogen and oxygen atoms in total. The molecular formula is C22H20N2O5S. The molecule has 0 unspecified atom stereocenters. The Morgan fingerprint density at radius 2 is 1.60 bits per heavy atom. The minimum absolute atomic E-state index is 0.0560. The zero-order chi connectivity index (χ0) is 21.1. The number of anilines is 1. The summed E-state index contributed by atoms with van der Waals surface area (Å²) in [6.07, 6.45) is 1.10. The maximum atomic E-state index is 12.4. The minimum atomic E-state index is -3.98. The Hall–Kier alpha value is -3.49. The summed E-state index contributed by atoms with van der Waals surface area (Å²) in [5.74, 6) is -0.118. The van der Waals surface area contributed by atoms with Crippen LogP contribution in [-0.4, -0.2) is 18.6 Å². The molecule has 0 spiro atoms. The van der Waals surface area contributed by atoms with Gasteiger partial charge in [-0.25, -0.2) is 9.03 Å². The fraction of sp³-hybridized carbons (Fsp3) is 0.0909. The first kappa shape index (κ1) is 19.8. The second kappa shape index (κ2) is 8.10. The van der Waals surface area contributed by atoms with Crippen molar-refractivity contribution in [2.75, 3.05) is 4.31 Å². The molecule has 1 aliphatic rings. The van der Waals surface area contributed by atoms with E-state index in [4.69, 9.17) is 4.74 Å². The van der Waals surface area contributed by atoms with Gasteiger partial charge in [0.25, 0.3) is 0 Å². The molecule has 3 N–H and O–H groups in total. The van der Waals surface area contributed by atoms with E-state index in [9.17, 15) is 18.6 Å². The molecule has 0 radical (unpaired) electrons. The third kappa shape index (κ3) is 4.10. The van der Waals surface area contributed by atoms with E-state index in [0.29, 0.717) is 5.75 Å². The van der Waals surface area contributed by atoms with Gasteiger partial charge in [-0.1, -0.05) is 60.7 Å². The normalized spacial score (nSPS) is 14.8. The Kier molecular flexibility index (Phi) is 5.35. The van der Waals surface area contributed by atoms with E-state index in [-0.39, 0.29) is 18.9 Å². The number of nitrogens with zero attached hydrogens (tertiary/aromatic N) is 1. The Morgan fingerprint density at radius 1 is 0.900 bits per heavy atom. The standard InChI is InChI=1S/C22H20N2O5S/c25-14-16-6-8-18(9-7-16)19-10-11-21(29-15-17-4-2-1-3-5-17)20(12-19)24-13-22(26)23-30(24,27)28/h1-13,23,25-26H,14-15H2. The Labute approximate surface area is 174 Å². The Morgan fingerprint density at radius 3 is 2.23 bits per heavy atom. The van der Waals surface area contributed by atoms with Crippen molar-refractivity contribution in [2.45, 2.75) is 13.2 Å². The van der Waals surface area contributed by atoms with E-state index in [1.54, 1.807) is 24.3 Å². The molecule has 4 rings (SSSR count). The third-order valence-corrected chi connectivity index (χ3v) is 5.92. The lowest BCUT2D eigenvalue weighted by Gasteiger charge is -2.19. The van der Waals surface area contributed by atoms with Gasteiger partial charge in [-0.2, -0.15) is 8.42 Å². The first-order valence-electron chi connectivity index (χ1n) is 9.20. The fourth-order valence-electron chi connectivity index (χ4n) is 3.12. The van der Waals surface area contributed by atoms with Crippen LogP contribution in [0.2, 0.25) is 0 Å². The van der Waals surface area contributed by atoms with E-state index in [1.165, 1.54) is 0 Å². The van der Waals surface area contributed by atoms with E-state index in [1.807, 2.05) is 53.3 Å². The van der Waals surface area contributed by atoms with Crippen LogP contribution < -0.4 is 13.8 Å². The van der Waals surface area contributed by atoms with Gasteiger partial charge in [0.05, 0.1) is 12.8 Å². The molecular weight excluding hydrogens is 404 g/mol. The number of ether oxygens (including phenoxy) is 1. The lowest BCUT2D eigenvalue weighted by atomic mass is 10.0. The fourth-order valence-corrected chi connectivity index (χ4v) is 4.17. The first-order chi connectivity index (χ1) is 14.5. The number of benzene rings is 3. The van der Waals surface area contributed by atoms with Crippen LogP contribution in [0.3, 0.4) is 0 Å². The predicted octanol–water partition coefficient (Wildman–Crippen LogP) is 3.44. The van der Waals surface area contributed by atoms with Crippen molar-refractivity contribution in [3.63, 3.8) is 0 Å². The average Bonchev–Trinajstić information content (AvgIpc) is 3.04. The van der Waals surface area contributed by atoms with Crippen molar-refractivity contribution in [1.29, 1.82) is 0 Å². The van der Waals surface area contributed by atoms with Gasteiger partial charge in [-0.05, 0) is 34.4 Å². The molecule has 3 aromatic rings. The van der Waals surface area contributed by atoms with Crippen LogP contribution in [0.4, 0.5) is 5.69 Å². The van der Waals surface area contributed by atoms with Gasteiger partial charge in [0.15, 0.2) is 0 Å². The summed E-state index contributed by atoms with van der Waals surface area (Å²) < 4.78 is 33.8. The van der Waals surface area contributed by atoms with Gasteiger partial charge in [0.1, 0.15) is 18.0 Å². The van der Waals surface area contributed by atoms with Crippen molar-refractivity contribution >= 4 is 15.9 Å². The molecule has 0 saturated carbocycles. The van der Waals surface area contributed by atoms with Crippen molar-refractivity contribution in [1.82, 2.24) is 4.72 Å². The zero-order valence-corrected chi connectivity index (χ0v) is 16.7. The van der Waals surface area contributed by atoms with Crippen LogP contribution >= 0.6 is 0 Å². The summed E-state index contributed by atoms with van der Waals surface area (Å²) in [7, 11) is -3.98. The molecule has 30 heavy (non-hydrogen) atoms. The Balaban J connectivity index is 1.73. The highest BCUT2D eigenvalue weighted by Crippen LogP contribution is 2.37. The van der Waals surface area contributed by atoms with Crippen LogP contribution in [0.15, 0.2) is 84.9 Å². The lowest BCUT2D eigenvalue weighted by molar-refractivity contribution is 0.282. The quantitative estimate of drug-likeness (QED) is 0.563. The van der Waals surface area contributed by atoms with Crippen molar-refractivity contribution in [3.05, 3.63) is 96.0 Å². The van der Waals surface area contributed by atoms with Gasteiger partial charge in [0, 0.05) is 0 Å². The highest BCUT2D eigenvalue weighted by Gasteiger charge is 2.31. The molecule has 0 atom stereocenters. The summed E-state index contributed by atoms with van der Waals surface area (Å²) >= 11 is 0. The maximum Gasteiger partial charge on any atom is 0.330 e. The zero-order valence-electron chi connectivity index (χ0n) is 15.9. The van der Waals surface area contributed by atoms with Crippen LogP contribution in [0.25, 0.3) is 11.1 Å². The van der Waals surface area contributed by atoms with Crippen molar-refractivity contribution < 1.29 is 23.4 Å². The SMILES string of the molecule is O=S1(=O)NC(O)=CN1c1cc(-c2ccc(CO)cc2)ccc1OCc1ccccc1. The van der Waals surface area contributed by atoms with Crippen molar-refractivity contribution in [3.8, 4) is 16.9 Å². The summed E-state index contributed by atoms with van der Waals surface area (Å²) in [6.45, 7) is 0.203. The average molecular weight is 424 g/mol. The van der Waals surface area contributed by atoms with Gasteiger partial charge in [-0.3, -0.25) is 0 Å². The number of aliphatic hydroxyl groups excluding tert-OH is 2. The summed E-state index contributed by atoms with van der Waals surface area (Å²) in [5.41, 5.74) is 3.59. The predicted molar refractivity (Wildman–Crippen MR) is 114 cm³/mol. The molecule has 0 fully saturated rings. The maximum absolute atomic E-state index is 12.4. The number of rotatable bonds is 6. The topological polar surface area (TPSA) is 99.1 Å². The van der Waals surface area contributed by atoms with Gasteiger partial charge < -0.3 is 14.9 Å². The van der Waals surface area contributed by atoms with Gasteiger partial charge >= 0.3 is 10.2 Å². The first-order valence-corrected chi connectivity index (χ1v) is 10.6. The molecule has 0 aliphatic carbocycles. The van der Waals surface area contributed by atoms with Crippen molar-refractivity contribution in [2.24, 2.45) is 0 Å². The molecule has 1 heterocycles. The van der Waals surface area contributed by atoms with Crippen LogP contribution in [0, 0.1) is 0 Å². The van der Waals surface area contributed by atoms with Gasteiger partial charge in [0.2, 0.25) is 5.88 Å². The monoisotopic (exact) mass is 424 g/mol. The number of aliphatic hydroxyl groups is 2. The molecule has 0 saturated heterocycles.